The predicted octanol–water partition coefficient (Wildman–Crippen LogP) is 1.10. The molecule has 1 fully saturated rings. The van der Waals surface area contributed by atoms with Gasteiger partial charge in [0.2, 0.25) is 0 Å². The van der Waals surface area contributed by atoms with Crippen LogP contribution in [0.15, 0.2) is 12.1 Å². The van der Waals surface area contributed by atoms with Crippen molar-refractivity contribution in [2.45, 2.75) is 18.4 Å². The summed E-state index contributed by atoms with van der Waals surface area (Å²) in [5.41, 5.74) is -1.41. The molecule has 2 aliphatic heterocycles. The molecule has 2 aliphatic rings. The van der Waals surface area contributed by atoms with Gasteiger partial charge >= 0.3 is 0 Å². The van der Waals surface area contributed by atoms with Crippen LogP contribution in [0, 0.1) is 11.6 Å². The number of aliphatic hydroxyl groups excluding tert-OH is 1. The normalized spacial score (nSPS) is 20.8. The molecule has 0 bridgehead atoms. The molecule has 0 spiro atoms. The molecule has 1 N–H and O–H groups in total. The fourth-order valence-electron chi connectivity index (χ4n) is 2.87. The number of fused-ring (bicyclic) bond motifs is 1. The molecule has 0 radical (unpaired) electrons. The van der Waals surface area contributed by atoms with E-state index >= 15 is 0 Å². The van der Waals surface area contributed by atoms with E-state index in [1.165, 1.54) is 0 Å². The first-order valence-electron chi connectivity index (χ1n) is 6.57. The van der Waals surface area contributed by atoms with Gasteiger partial charge in [0.1, 0.15) is 0 Å². The topological polar surface area (TPSA) is 66.8 Å². The lowest BCUT2D eigenvalue weighted by molar-refractivity contribution is -0.0337. The van der Waals surface area contributed by atoms with E-state index in [1.807, 2.05) is 0 Å². The summed E-state index contributed by atoms with van der Waals surface area (Å²) in [4.78, 5) is 25.7. The average molecular weight is 297 g/mol. The highest BCUT2D eigenvalue weighted by Crippen LogP contribution is 2.36. The number of halogens is 2. The van der Waals surface area contributed by atoms with Crippen LogP contribution in [0.2, 0.25) is 0 Å². The van der Waals surface area contributed by atoms with E-state index in [0.717, 1.165) is 17.0 Å². The molecule has 7 heteroatoms. The first kappa shape index (κ1) is 14.1. The fourth-order valence-corrected chi connectivity index (χ4v) is 2.87. The molecule has 0 aromatic heterocycles. The summed E-state index contributed by atoms with van der Waals surface area (Å²) in [6.07, 6.45) is 0.583. The fraction of sp³-hybridized carbons (Fsp3) is 0.429. The SMILES string of the molecule is O=C1c2cc(F)c(F)cc2C(=O)N1C1(CO)CCOCC1. The van der Waals surface area contributed by atoms with Crippen LogP contribution in [0.1, 0.15) is 33.6 Å². The van der Waals surface area contributed by atoms with Gasteiger partial charge < -0.3 is 9.84 Å². The van der Waals surface area contributed by atoms with E-state index in [9.17, 15) is 23.5 Å². The molecule has 0 unspecified atom stereocenters. The molecule has 1 aromatic rings. The van der Waals surface area contributed by atoms with Crippen molar-refractivity contribution in [3.8, 4) is 0 Å². The van der Waals surface area contributed by atoms with Crippen molar-refractivity contribution in [3.05, 3.63) is 34.9 Å². The van der Waals surface area contributed by atoms with Crippen LogP contribution in [0.5, 0.6) is 0 Å². The minimum absolute atomic E-state index is 0.168. The molecule has 0 aliphatic carbocycles. The van der Waals surface area contributed by atoms with E-state index in [4.69, 9.17) is 4.74 Å². The maximum Gasteiger partial charge on any atom is 0.262 e. The zero-order valence-electron chi connectivity index (χ0n) is 11.1. The molecule has 2 amide bonds. The maximum atomic E-state index is 13.3. The van der Waals surface area contributed by atoms with Crippen molar-refractivity contribution in [2.24, 2.45) is 0 Å². The molecule has 2 heterocycles. The third-order valence-corrected chi connectivity index (χ3v) is 4.12. The number of nitrogens with zero attached hydrogens (tertiary/aromatic N) is 1. The number of amides is 2. The van der Waals surface area contributed by atoms with Crippen LogP contribution >= 0.6 is 0 Å². The van der Waals surface area contributed by atoms with Gasteiger partial charge in [-0.1, -0.05) is 0 Å². The zero-order valence-corrected chi connectivity index (χ0v) is 11.1. The summed E-state index contributed by atoms with van der Waals surface area (Å²) in [5.74, 6) is -3.77. The molecule has 1 saturated heterocycles. The quantitative estimate of drug-likeness (QED) is 0.830. The Balaban J connectivity index is 2.07. The number of carbonyl (C=O) groups excluding carboxylic acids is 2. The van der Waals surface area contributed by atoms with Gasteiger partial charge in [-0.05, 0) is 25.0 Å². The highest BCUT2D eigenvalue weighted by molar-refractivity contribution is 6.21. The van der Waals surface area contributed by atoms with E-state index in [0.29, 0.717) is 26.1 Å². The number of hydrogen-bond donors (Lipinski definition) is 1. The van der Waals surface area contributed by atoms with E-state index in [2.05, 4.69) is 0 Å². The van der Waals surface area contributed by atoms with Gasteiger partial charge in [-0.2, -0.15) is 0 Å². The third kappa shape index (κ3) is 1.96. The smallest absolute Gasteiger partial charge is 0.262 e. The van der Waals surface area contributed by atoms with Gasteiger partial charge in [0.15, 0.2) is 11.6 Å². The van der Waals surface area contributed by atoms with E-state index in [-0.39, 0.29) is 11.1 Å². The largest absolute Gasteiger partial charge is 0.394 e. The van der Waals surface area contributed by atoms with Crippen LogP contribution < -0.4 is 0 Å². The monoisotopic (exact) mass is 297 g/mol. The van der Waals surface area contributed by atoms with Crippen molar-refractivity contribution >= 4 is 11.8 Å². The molecule has 3 rings (SSSR count). The van der Waals surface area contributed by atoms with Crippen molar-refractivity contribution in [1.82, 2.24) is 4.90 Å². The van der Waals surface area contributed by atoms with Crippen molar-refractivity contribution in [1.29, 1.82) is 0 Å². The van der Waals surface area contributed by atoms with Crippen LogP contribution in [-0.4, -0.2) is 47.2 Å². The number of imide groups is 1. The predicted molar refractivity (Wildman–Crippen MR) is 66.7 cm³/mol. The van der Waals surface area contributed by atoms with E-state index < -0.39 is 35.6 Å². The second kappa shape index (κ2) is 4.85. The number of aliphatic hydroxyl groups is 1. The standard InChI is InChI=1S/C14H13F2NO4/c15-10-5-8-9(6-11(10)16)13(20)17(12(8)19)14(7-18)1-3-21-4-2-14/h5-6,18H,1-4,7H2. The molecule has 0 saturated carbocycles. The second-order valence-corrected chi connectivity index (χ2v) is 5.25. The lowest BCUT2D eigenvalue weighted by Crippen LogP contribution is -2.57. The van der Waals surface area contributed by atoms with Crippen molar-refractivity contribution in [3.63, 3.8) is 0 Å². The van der Waals surface area contributed by atoms with Gasteiger partial charge in [0.25, 0.3) is 11.8 Å². The Morgan fingerprint density at radius 2 is 1.57 bits per heavy atom. The minimum atomic E-state index is -1.18. The van der Waals surface area contributed by atoms with Gasteiger partial charge in [-0.25, -0.2) is 8.78 Å². The Morgan fingerprint density at radius 3 is 2.00 bits per heavy atom. The first-order chi connectivity index (χ1) is 10.00. The summed E-state index contributed by atoms with van der Waals surface area (Å²) in [7, 11) is 0. The minimum Gasteiger partial charge on any atom is -0.394 e. The molecule has 21 heavy (non-hydrogen) atoms. The van der Waals surface area contributed by atoms with Crippen LogP contribution in [0.3, 0.4) is 0 Å². The Kier molecular flexibility index (Phi) is 3.26. The maximum absolute atomic E-state index is 13.3. The van der Waals surface area contributed by atoms with Gasteiger partial charge in [-0.15, -0.1) is 0 Å². The number of ether oxygens (including phenoxy) is 1. The number of rotatable bonds is 2. The average Bonchev–Trinajstić information content (AvgIpc) is 2.72. The summed E-state index contributed by atoms with van der Waals surface area (Å²) < 4.78 is 31.8. The Bertz CT molecular complexity index is 585. The second-order valence-electron chi connectivity index (χ2n) is 5.25. The third-order valence-electron chi connectivity index (χ3n) is 4.12. The summed E-state index contributed by atoms with van der Waals surface area (Å²) in [6.45, 7) is 0.195. The molecule has 1 aromatic carbocycles. The highest BCUT2D eigenvalue weighted by atomic mass is 19.2. The van der Waals surface area contributed by atoms with Crippen molar-refractivity contribution in [2.75, 3.05) is 19.8 Å². The number of benzene rings is 1. The lowest BCUT2D eigenvalue weighted by atomic mass is 9.89. The lowest BCUT2D eigenvalue weighted by Gasteiger charge is -2.41. The van der Waals surface area contributed by atoms with Gasteiger partial charge in [0, 0.05) is 13.2 Å². The Hall–Kier alpha value is -1.86. The Morgan fingerprint density at radius 1 is 1.10 bits per heavy atom. The molecule has 5 nitrogen and oxygen atoms in total. The molecule has 0 atom stereocenters. The molecular formula is C14H13F2NO4. The summed E-state index contributed by atoms with van der Waals surface area (Å²) in [5, 5.41) is 9.68. The van der Waals surface area contributed by atoms with Crippen LogP contribution in [-0.2, 0) is 4.74 Å². The summed E-state index contributed by atoms with van der Waals surface area (Å²) in [6, 6.07) is 1.46. The van der Waals surface area contributed by atoms with Gasteiger partial charge in [-0.3, -0.25) is 14.5 Å². The number of hydrogen-bond acceptors (Lipinski definition) is 4. The molecule has 112 valence electrons. The van der Waals surface area contributed by atoms with Crippen molar-refractivity contribution < 1.29 is 28.2 Å². The summed E-state index contributed by atoms with van der Waals surface area (Å²) >= 11 is 0. The molecular weight excluding hydrogens is 284 g/mol. The zero-order chi connectivity index (χ0) is 15.2. The van der Waals surface area contributed by atoms with E-state index in [1.54, 1.807) is 0 Å². The highest BCUT2D eigenvalue weighted by Gasteiger charge is 2.49. The first-order valence-corrected chi connectivity index (χ1v) is 6.57. The van der Waals surface area contributed by atoms with Crippen LogP contribution in [0.25, 0.3) is 0 Å². The Labute approximate surface area is 119 Å². The van der Waals surface area contributed by atoms with Gasteiger partial charge in [0.05, 0.1) is 23.3 Å². The van der Waals surface area contributed by atoms with Crippen LogP contribution in [0.4, 0.5) is 8.78 Å². The number of carbonyl (C=O) groups is 2.